The number of benzene rings is 2. The van der Waals surface area contributed by atoms with Gasteiger partial charge in [0, 0.05) is 17.7 Å². The van der Waals surface area contributed by atoms with Crippen LogP contribution in [0.2, 0.25) is 0 Å². The number of hydrogen-bond acceptors (Lipinski definition) is 4. The van der Waals surface area contributed by atoms with Crippen molar-refractivity contribution in [2.45, 2.75) is 20.8 Å². The fourth-order valence-corrected chi connectivity index (χ4v) is 2.26. The molecule has 1 N–H and O–H groups in total. The van der Waals surface area contributed by atoms with Gasteiger partial charge in [0.2, 0.25) is 0 Å². The molecule has 0 heterocycles. The Hall–Kier alpha value is -2.69. The van der Waals surface area contributed by atoms with E-state index in [1.807, 2.05) is 13.8 Å². The molecule has 0 atom stereocenters. The number of nitro benzene ring substituents is 1. The SMILES string of the molecule is Cc1cc(C)c(/C=N/Nc2cccc([N+](=O)[O-])c2)c(C)c1. The van der Waals surface area contributed by atoms with Gasteiger partial charge in [-0.2, -0.15) is 5.10 Å². The summed E-state index contributed by atoms with van der Waals surface area (Å²) in [5.41, 5.74) is 8.02. The van der Waals surface area contributed by atoms with E-state index in [0.717, 1.165) is 16.7 Å². The van der Waals surface area contributed by atoms with Crippen LogP contribution in [-0.4, -0.2) is 11.1 Å². The number of nitrogens with zero attached hydrogens (tertiary/aromatic N) is 2. The monoisotopic (exact) mass is 283 g/mol. The molecule has 0 unspecified atom stereocenters. The van der Waals surface area contributed by atoms with E-state index in [2.05, 4.69) is 29.6 Å². The summed E-state index contributed by atoms with van der Waals surface area (Å²) < 4.78 is 0. The van der Waals surface area contributed by atoms with Crippen LogP contribution in [0.4, 0.5) is 11.4 Å². The minimum atomic E-state index is -0.427. The third-order valence-corrected chi connectivity index (χ3v) is 3.18. The molecule has 0 aliphatic heterocycles. The van der Waals surface area contributed by atoms with Crippen LogP contribution in [0.1, 0.15) is 22.3 Å². The summed E-state index contributed by atoms with van der Waals surface area (Å²) in [6.07, 6.45) is 1.74. The molecule has 0 aliphatic rings. The predicted molar refractivity (Wildman–Crippen MR) is 85.0 cm³/mol. The largest absolute Gasteiger partial charge is 0.278 e. The van der Waals surface area contributed by atoms with Gasteiger partial charge < -0.3 is 0 Å². The minimum absolute atomic E-state index is 0.0397. The molecule has 2 aromatic carbocycles. The quantitative estimate of drug-likeness (QED) is 0.524. The molecule has 2 rings (SSSR count). The molecule has 108 valence electrons. The Kier molecular flexibility index (Phi) is 4.33. The second-order valence-corrected chi connectivity index (χ2v) is 4.99. The Morgan fingerprint density at radius 3 is 2.43 bits per heavy atom. The van der Waals surface area contributed by atoms with Gasteiger partial charge in [-0.1, -0.05) is 23.8 Å². The van der Waals surface area contributed by atoms with Crippen molar-refractivity contribution in [3.05, 3.63) is 68.8 Å². The average molecular weight is 283 g/mol. The van der Waals surface area contributed by atoms with Crippen LogP contribution in [-0.2, 0) is 0 Å². The lowest BCUT2D eigenvalue weighted by Crippen LogP contribution is -1.97. The number of rotatable bonds is 4. The van der Waals surface area contributed by atoms with Crippen molar-refractivity contribution in [1.29, 1.82) is 0 Å². The highest BCUT2D eigenvalue weighted by Gasteiger charge is 2.05. The molecule has 2 aromatic rings. The van der Waals surface area contributed by atoms with E-state index in [9.17, 15) is 10.1 Å². The van der Waals surface area contributed by atoms with Gasteiger partial charge in [0.25, 0.3) is 5.69 Å². The van der Waals surface area contributed by atoms with Crippen LogP contribution in [0, 0.1) is 30.9 Å². The molecule has 0 saturated carbocycles. The van der Waals surface area contributed by atoms with E-state index in [4.69, 9.17) is 0 Å². The fraction of sp³-hybridized carbons (Fsp3) is 0.188. The topological polar surface area (TPSA) is 67.5 Å². The number of hydrazone groups is 1. The molecular weight excluding hydrogens is 266 g/mol. The van der Waals surface area contributed by atoms with E-state index in [-0.39, 0.29) is 5.69 Å². The minimum Gasteiger partial charge on any atom is -0.278 e. The van der Waals surface area contributed by atoms with Crippen molar-refractivity contribution in [3.8, 4) is 0 Å². The summed E-state index contributed by atoms with van der Waals surface area (Å²) in [5.74, 6) is 0. The van der Waals surface area contributed by atoms with Crippen molar-refractivity contribution in [3.63, 3.8) is 0 Å². The number of hydrogen-bond donors (Lipinski definition) is 1. The van der Waals surface area contributed by atoms with E-state index < -0.39 is 4.92 Å². The van der Waals surface area contributed by atoms with Crippen LogP contribution < -0.4 is 5.43 Å². The molecule has 0 saturated heterocycles. The van der Waals surface area contributed by atoms with Crippen molar-refractivity contribution in [2.24, 2.45) is 5.10 Å². The maximum absolute atomic E-state index is 10.7. The molecule has 0 radical (unpaired) electrons. The third-order valence-electron chi connectivity index (χ3n) is 3.18. The zero-order valence-electron chi connectivity index (χ0n) is 12.3. The Labute approximate surface area is 123 Å². The van der Waals surface area contributed by atoms with Gasteiger partial charge in [-0.3, -0.25) is 15.5 Å². The molecule has 0 spiro atoms. The van der Waals surface area contributed by atoms with Gasteiger partial charge in [0.15, 0.2) is 0 Å². The van der Waals surface area contributed by atoms with Gasteiger partial charge in [-0.15, -0.1) is 0 Å². The van der Waals surface area contributed by atoms with Crippen molar-refractivity contribution in [1.82, 2.24) is 0 Å². The van der Waals surface area contributed by atoms with Crippen molar-refractivity contribution in [2.75, 3.05) is 5.43 Å². The standard InChI is InChI=1S/C16H17N3O2/c1-11-7-12(2)16(13(3)8-11)10-17-18-14-5-4-6-15(9-14)19(20)21/h4-10,18H,1-3H3/b17-10+. The maximum atomic E-state index is 10.7. The number of aryl methyl sites for hydroxylation is 3. The number of nitrogens with one attached hydrogen (secondary N) is 1. The first-order chi connectivity index (χ1) is 9.97. The molecule has 21 heavy (non-hydrogen) atoms. The molecule has 0 bridgehead atoms. The summed E-state index contributed by atoms with van der Waals surface area (Å²) in [4.78, 5) is 10.3. The lowest BCUT2D eigenvalue weighted by Gasteiger charge is -2.06. The van der Waals surface area contributed by atoms with Crippen molar-refractivity contribution >= 4 is 17.6 Å². The van der Waals surface area contributed by atoms with Crippen LogP contribution in [0.5, 0.6) is 0 Å². The molecule has 5 nitrogen and oxygen atoms in total. The Morgan fingerprint density at radius 1 is 1.14 bits per heavy atom. The molecule has 0 aliphatic carbocycles. The van der Waals surface area contributed by atoms with Gasteiger partial charge in [0.05, 0.1) is 16.8 Å². The Balaban J connectivity index is 2.16. The van der Waals surface area contributed by atoms with Crippen LogP contribution >= 0.6 is 0 Å². The van der Waals surface area contributed by atoms with E-state index >= 15 is 0 Å². The smallest absolute Gasteiger partial charge is 0.271 e. The van der Waals surface area contributed by atoms with Gasteiger partial charge in [0.1, 0.15) is 0 Å². The lowest BCUT2D eigenvalue weighted by atomic mass is 10.0. The van der Waals surface area contributed by atoms with Gasteiger partial charge in [-0.05, 0) is 38.0 Å². The summed E-state index contributed by atoms with van der Waals surface area (Å²) >= 11 is 0. The predicted octanol–water partition coefficient (Wildman–Crippen LogP) is 3.97. The first-order valence-electron chi connectivity index (χ1n) is 6.59. The van der Waals surface area contributed by atoms with Crippen molar-refractivity contribution < 1.29 is 4.92 Å². The number of nitro groups is 1. The zero-order valence-corrected chi connectivity index (χ0v) is 12.3. The van der Waals surface area contributed by atoms with Gasteiger partial charge >= 0.3 is 0 Å². The second-order valence-electron chi connectivity index (χ2n) is 4.99. The van der Waals surface area contributed by atoms with Gasteiger partial charge in [-0.25, -0.2) is 0 Å². The Morgan fingerprint density at radius 2 is 1.81 bits per heavy atom. The first kappa shape index (κ1) is 14.7. The summed E-state index contributed by atoms with van der Waals surface area (Å²) in [6.45, 7) is 6.13. The normalized spacial score (nSPS) is 10.8. The molecule has 0 fully saturated rings. The summed E-state index contributed by atoms with van der Waals surface area (Å²) in [7, 11) is 0. The van der Waals surface area contributed by atoms with Crippen LogP contribution in [0.15, 0.2) is 41.5 Å². The molecule has 0 aromatic heterocycles. The van der Waals surface area contributed by atoms with E-state index in [1.54, 1.807) is 18.3 Å². The first-order valence-corrected chi connectivity index (χ1v) is 6.59. The van der Waals surface area contributed by atoms with Crippen LogP contribution in [0.25, 0.3) is 0 Å². The molecular formula is C16H17N3O2. The number of non-ortho nitro benzene ring substituents is 1. The number of anilines is 1. The van der Waals surface area contributed by atoms with E-state index in [1.165, 1.54) is 17.7 Å². The lowest BCUT2D eigenvalue weighted by molar-refractivity contribution is -0.384. The molecule has 0 amide bonds. The molecule has 5 heteroatoms. The fourth-order valence-electron chi connectivity index (χ4n) is 2.26. The highest BCUT2D eigenvalue weighted by molar-refractivity contribution is 5.84. The summed E-state index contributed by atoms with van der Waals surface area (Å²) in [5, 5.41) is 14.9. The second kappa shape index (κ2) is 6.17. The highest BCUT2D eigenvalue weighted by atomic mass is 16.6. The van der Waals surface area contributed by atoms with Crippen LogP contribution in [0.3, 0.4) is 0 Å². The maximum Gasteiger partial charge on any atom is 0.271 e. The summed E-state index contributed by atoms with van der Waals surface area (Å²) in [6, 6.07) is 10.5. The van der Waals surface area contributed by atoms with E-state index in [0.29, 0.717) is 5.69 Å². The zero-order chi connectivity index (χ0) is 15.4. The Bertz CT molecular complexity index is 685. The average Bonchev–Trinajstić information content (AvgIpc) is 2.42. The third kappa shape index (κ3) is 3.66. The highest BCUT2D eigenvalue weighted by Crippen LogP contribution is 2.17.